The topological polar surface area (TPSA) is 28.2 Å². The third-order valence-corrected chi connectivity index (χ3v) is 2.68. The fraction of sp³-hybridized carbons (Fsp3) is 0.643. The number of rotatable bonds is 6. The smallest absolute Gasteiger partial charge is 0.0270 e. The van der Waals surface area contributed by atoms with Gasteiger partial charge in [-0.2, -0.15) is 0 Å². The van der Waals surface area contributed by atoms with E-state index in [0.717, 1.165) is 26.1 Å². The summed E-state index contributed by atoms with van der Waals surface area (Å²) in [7, 11) is 2.17. The number of aromatic nitrogens is 1. The molecule has 96 valence electrons. The molecule has 1 rings (SSSR count). The predicted molar refractivity (Wildman–Crippen MR) is 73.2 cm³/mol. The summed E-state index contributed by atoms with van der Waals surface area (Å²) in [5.74, 6) is 0. The lowest BCUT2D eigenvalue weighted by Crippen LogP contribution is -2.40. The summed E-state index contributed by atoms with van der Waals surface area (Å²) in [6, 6.07) is 4.17. The van der Waals surface area contributed by atoms with Gasteiger partial charge in [0.05, 0.1) is 0 Å². The van der Waals surface area contributed by atoms with Crippen LogP contribution in [-0.2, 0) is 6.42 Å². The molecule has 0 aliphatic heterocycles. The van der Waals surface area contributed by atoms with Gasteiger partial charge in [-0.25, -0.2) is 0 Å². The zero-order valence-electron chi connectivity index (χ0n) is 11.5. The van der Waals surface area contributed by atoms with E-state index in [1.807, 2.05) is 12.4 Å². The monoisotopic (exact) mass is 235 g/mol. The first-order valence-corrected chi connectivity index (χ1v) is 6.30. The van der Waals surface area contributed by atoms with Crippen molar-refractivity contribution in [2.24, 2.45) is 0 Å². The van der Waals surface area contributed by atoms with Crippen molar-refractivity contribution in [3.05, 3.63) is 30.1 Å². The summed E-state index contributed by atoms with van der Waals surface area (Å²) in [5, 5.41) is 3.50. The highest BCUT2D eigenvalue weighted by molar-refractivity contribution is 5.09. The molecule has 0 radical (unpaired) electrons. The molecule has 0 aliphatic rings. The lowest BCUT2D eigenvalue weighted by Gasteiger charge is -2.23. The van der Waals surface area contributed by atoms with Gasteiger partial charge in [0.15, 0.2) is 0 Å². The molecule has 0 aliphatic carbocycles. The number of hydrogen-bond acceptors (Lipinski definition) is 3. The van der Waals surface area contributed by atoms with Gasteiger partial charge in [-0.1, -0.05) is 0 Å². The molecule has 0 saturated heterocycles. The van der Waals surface area contributed by atoms with Gasteiger partial charge in [0.1, 0.15) is 0 Å². The molecule has 0 aromatic carbocycles. The molecule has 0 spiro atoms. The highest BCUT2D eigenvalue weighted by Gasteiger charge is 2.08. The minimum Gasteiger partial charge on any atom is -0.311 e. The lowest BCUT2D eigenvalue weighted by molar-refractivity contribution is 0.312. The van der Waals surface area contributed by atoms with Gasteiger partial charge in [-0.3, -0.25) is 4.98 Å². The molecule has 0 unspecified atom stereocenters. The van der Waals surface area contributed by atoms with Crippen molar-refractivity contribution in [3.8, 4) is 0 Å². The van der Waals surface area contributed by atoms with Gasteiger partial charge in [0, 0.05) is 37.6 Å². The Morgan fingerprint density at radius 1 is 1.18 bits per heavy atom. The summed E-state index contributed by atoms with van der Waals surface area (Å²) < 4.78 is 0. The SMILES string of the molecule is CN(CCNC(C)(C)C)CCc1ccncc1. The molecule has 0 saturated carbocycles. The van der Waals surface area contributed by atoms with Crippen molar-refractivity contribution in [1.29, 1.82) is 0 Å². The number of pyridine rings is 1. The molecular formula is C14H25N3. The minimum absolute atomic E-state index is 0.214. The zero-order chi connectivity index (χ0) is 12.7. The van der Waals surface area contributed by atoms with E-state index in [9.17, 15) is 0 Å². The molecule has 1 aromatic rings. The molecule has 0 atom stereocenters. The number of hydrogen-bond donors (Lipinski definition) is 1. The fourth-order valence-corrected chi connectivity index (χ4v) is 1.60. The highest BCUT2D eigenvalue weighted by Crippen LogP contribution is 2.00. The molecule has 0 amide bonds. The van der Waals surface area contributed by atoms with E-state index in [-0.39, 0.29) is 5.54 Å². The maximum absolute atomic E-state index is 4.03. The van der Waals surface area contributed by atoms with Crippen LogP contribution in [-0.4, -0.2) is 42.1 Å². The van der Waals surface area contributed by atoms with Gasteiger partial charge >= 0.3 is 0 Å². The van der Waals surface area contributed by atoms with Crippen LogP contribution in [0.1, 0.15) is 26.3 Å². The average molecular weight is 235 g/mol. The van der Waals surface area contributed by atoms with Crippen LogP contribution in [0.25, 0.3) is 0 Å². The maximum atomic E-state index is 4.03. The first-order valence-electron chi connectivity index (χ1n) is 6.30. The number of nitrogens with zero attached hydrogens (tertiary/aromatic N) is 2. The van der Waals surface area contributed by atoms with Crippen LogP contribution in [0, 0.1) is 0 Å². The minimum atomic E-state index is 0.214. The first-order chi connectivity index (χ1) is 7.97. The summed E-state index contributed by atoms with van der Waals surface area (Å²) in [4.78, 5) is 6.39. The Labute approximate surface area is 105 Å². The van der Waals surface area contributed by atoms with Crippen molar-refractivity contribution in [2.45, 2.75) is 32.7 Å². The molecule has 3 heteroatoms. The summed E-state index contributed by atoms with van der Waals surface area (Å²) in [6.07, 6.45) is 4.81. The van der Waals surface area contributed by atoms with Crippen LogP contribution in [0.15, 0.2) is 24.5 Å². The maximum Gasteiger partial charge on any atom is 0.0270 e. The van der Waals surface area contributed by atoms with Crippen LogP contribution in [0.4, 0.5) is 0 Å². The Balaban J connectivity index is 2.15. The summed E-state index contributed by atoms with van der Waals surface area (Å²) in [5.41, 5.74) is 1.57. The summed E-state index contributed by atoms with van der Waals surface area (Å²) >= 11 is 0. The summed E-state index contributed by atoms with van der Waals surface area (Å²) in [6.45, 7) is 9.81. The van der Waals surface area contributed by atoms with Gasteiger partial charge in [0.2, 0.25) is 0 Å². The van der Waals surface area contributed by atoms with Crippen LogP contribution in [0.3, 0.4) is 0 Å². The van der Waals surface area contributed by atoms with E-state index in [0.29, 0.717) is 0 Å². The third-order valence-electron chi connectivity index (χ3n) is 2.68. The molecule has 17 heavy (non-hydrogen) atoms. The van der Waals surface area contributed by atoms with Gasteiger partial charge in [0.25, 0.3) is 0 Å². The third kappa shape index (κ3) is 7.08. The van der Waals surface area contributed by atoms with Crippen molar-refractivity contribution in [1.82, 2.24) is 15.2 Å². The fourth-order valence-electron chi connectivity index (χ4n) is 1.60. The normalized spacial score (nSPS) is 12.1. The Morgan fingerprint density at radius 2 is 1.82 bits per heavy atom. The van der Waals surface area contributed by atoms with Gasteiger partial charge < -0.3 is 10.2 Å². The van der Waals surface area contributed by atoms with Crippen molar-refractivity contribution >= 4 is 0 Å². The quantitative estimate of drug-likeness (QED) is 0.817. The standard InChI is InChI=1S/C14H25N3/c1-14(2,3)16-10-12-17(4)11-7-13-5-8-15-9-6-13/h5-6,8-9,16H,7,10-12H2,1-4H3. The molecule has 1 N–H and O–H groups in total. The second-order valence-electron chi connectivity index (χ2n) is 5.59. The van der Waals surface area contributed by atoms with E-state index < -0.39 is 0 Å². The molecule has 3 nitrogen and oxygen atoms in total. The van der Waals surface area contributed by atoms with Gasteiger partial charge in [-0.15, -0.1) is 0 Å². The first kappa shape index (κ1) is 14.1. The average Bonchev–Trinajstić information content (AvgIpc) is 2.26. The van der Waals surface area contributed by atoms with E-state index in [2.05, 4.69) is 55.2 Å². The van der Waals surface area contributed by atoms with E-state index in [1.165, 1.54) is 5.56 Å². The van der Waals surface area contributed by atoms with E-state index in [1.54, 1.807) is 0 Å². The van der Waals surface area contributed by atoms with Crippen LogP contribution < -0.4 is 5.32 Å². The number of likely N-dealkylation sites (N-methyl/N-ethyl adjacent to an activating group) is 1. The Morgan fingerprint density at radius 3 is 2.41 bits per heavy atom. The molecule has 0 fully saturated rings. The molecular weight excluding hydrogens is 210 g/mol. The van der Waals surface area contributed by atoms with Crippen LogP contribution in [0.5, 0.6) is 0 Å². The lowest BCUT2D eigenvalue weighted by atomic mass is 10.1. The van der Waals surface area contributed by atoms with Crippen LogP contribution in [0.2, 0.25) is 0 Å². The largest absolute Gasteiger partial charge is 0.311 e. The van der Waals surface area contributed by atoms with Crippen molar-refractivity contribution in [3.63, 3.8) is 0 Å². The Bertz CT molecular complexity index is 303. The highest BCUT2D eigenvalue weighted by atomic mass is 15.1. The second-order valence-corrected chi connectivity index (χ2v) is 5.59. The van der Waals surface area contributed by atoms with Crippen molar-refractivity contribution < 1.29 is 0 Å². The van der Waals surface area contributed by atoms with Gasteiger partial charge in [-0.05, 0) is 51.9 Å². The van der Waals surface area contributed by atoms with E-state index in [4.69, 9.17) is 0 Å². The molecule has 0 bridgehead atoms. The van der Waals surface area contributed by atoms with Crippen LogP contribution >= 0.6 is 0 Å². The Kier molecular flexibility index (Phi) is 5.59. The second kappa shape index (κ2) is 6.72. The molecule has 1 heterocycles. The zero-order valence-corrected chi connectivity index (χ0v) is 11.5. The number of nitrogens with one attached hydrogen (secondary N) is 1. The predicted octanol–water partition coefficient (Wildman–Crippen LogP) is 1.94. The molecule has 1 aromatic heterocycles. The van der Waals surface area contributed by atoms with E-state index >= 15 is 0 Å². The Hall–Kier alpha value is -0.930. The van der Waals surface area contributed by atoms with Crippen molar-refractivity contribution in [2.75, 3.05) is 26.7 Å².